The Balaban J connectivity index is 1.98. The van der Waals surface area contributed by atoms with E-state index in [1.54, 1.807) is 0 Å². The minimum Gasteiger partial charge on any atom is -0.313 e. The van der Waals surface area contributed by atoms with Gasteiger partial charge in [0.25, 0.3) is 0 Å². The number of rotatable bonds is 1. The summed E-state index contributed by atoms with van der Waals surface area (Å²) in [6.07, 6.45) is 5.30. The van der Waals surface area contributed by atoms with Crippen molar-refractivity contribution in [3.05, 3.63) is 0 Å². The first-order valence-corrected chi connectivity index (χ1v) is 6.17. The van der Waals surface area contributed by atoms with Gasteiger partial charge in [0.15, 0.2) is 0 Å². The molecule has 1 saturated carbocycles. The first kappa shape index (κ1) is 10.9. The maximum Gasteiger partial charge on any atom is 0.111 e. The van der Waals surface area contributed by atoms with Crippen molar-refractivity contribution in [1.82, 2.24) is 10.2 Å². The SMILES string of the molecule is CC1CCCC(N2CCNCC2C#N)C1. The second-order valence-electron chi connectivity index (χ2n) is 5.01. The van der Waals surface area contributed by atoms with Gasteiger partial charge >= 0.3 is 0 Å². The zero-order valence-electron chi connectivity index (χ0n) is 9.58. The van der Waals surface area contributed by atoms with E-state index in [0.29, 0.717) is 6.04 Å². The average molecular weight is 207 g/mol. The topological polar surface area (TPSA) is 39.1 Å². The minimum absolute atomic E-state index is 0.106. The molecule has 2 aliphatic rings. The van der Waals surface area contributed by atoms with Gasteiger partial charge in [0.1, 0.15) is 6.04 Å². The molecule has 3 atom stereocenters. The van der Waals surface area contributed by atoms with Crippen LogP contribution >= 0.6 is 0 Å². The van der Waals surface area contributed by atoms with Gasteiger partial charge in [-0.1, -0.05) is 19.8 Å². The van der Waals surface area contributed by atoms with Crippen LogP contribution in [0.3, 0.4) is 0 Å². The predicted octanol–water partition coefficient (Wildman–Crippen LogP) is 1.36. The molecule has 0 bridgehead atoms. The normalized spacial score (nSPS) is 38.5. The molecule has 0 aromatic heterocycles. The maximum atomic E-state index is 9.13. The van der Waals surface area contributed by atoms with E-state index in [1.807, 2.05) is 0 Å². The van der Waals surface area contributed by atoms with Gasteiger partial charge in [-0.15, -0.1) is 0 Å². The number of nitrogens with one attached hydrogen (secondary N) is 1. The monoisotopic (exact) mass is 207 g/mol. The minimum atomic E-state index is 0.106. The van der Waals surface area contributed by atoms with Crippen molar-refractivity contribution >= 4 is 0 Å². The number of hydrogen-bond acceptors (Lipinski definition) is 3. The molecular formula is C12H21N3. The van der Waals surface area contributed by atoms with Crippen molar-refractivity contribution in [2.45, 2.75) is 44.7 Å². The molecule has 3 unspecified atom stereocenters. The maximum absolute atomic E-state index is 9.13. The van der Waals surface area contributed by atoms with E-state index in [4.69, 9.17) is 5.26 Å². The number of nitrogens with zero attached hydrogens (tertiary/aromatic N) is 2. The molecule has 1 saturated heterocycles. The summed E-state index contributed by atoms with van der Waals surface area (Å²) in [4.78, 5) is 2.44. The molecule has 3 heteroatoms. The van der Waals surface area contributed by atoms with Gasteiger partial charge in [-0.05, 0) is 18.8 Å². The van der Waals surface area contributed by atoms with Crippen LogP contribution in [0, 0.1) is 17.2 Å². The summed E-state index contributed by atoms with van der Waals surface area (Å²) < 4.78 is 0. The Hall–Kier alpha value is -0.590. The van der Waals surface area contributed by atoms with Gasteiger partial charge in [-0.3, -0.25) is 4.90 Å². The second-order valence-corrected chi connectivity index (χ2v) is 5.01. The second kappa shape index (κ2) is 4.96. The Morgan fingerprint density at radius 3 is 3.00 bits per heavy atom. The zero-order chi connectivity index (χ0) is 10.7. The molecular weight excluding hydrogens is 186 g/mol. The number of nitriles is 1. The molecule has 0 amide bonds. The number of hydrogen-bond donors (Lipinski definition) is 1. The third-order valence-corrected chi connectivity index (χ3v) is 3.81. The summed E-state index contributed by atoms with van der Waals surface area (Å²) in [6.45, 7) is 5.29. The zero-order valence-corrected chi connectivity index (χ0v) is 9.58. The van der Waals surface area contributed by atoms with Crippen molar-refractivity contribution in [1.29, 1.82) is 5.26 Å². The quantitative estimate of drug-likeness (QED) is 0.705. The van der Waals surface area contributed by atoms with E-state index in [2.05, 4.69) is 23.2 Å². The fourth-order valence-corrected chi connectivity index (χ4v) is 2.98. The van der Waals surface area contributed by atoms with Gasteiger partial charge in [-0.25, -0.2) is 0 Å². The molecule has 1 aliphatic heterocycles. The summed E-state index contributed by atoms with van der Waals surface area (Å²) in [5.74, 6) is 0.845. The lowest BCUT2D eigenvalue weighted by Crippen LogP contribution is -2.55. The highest BCUT2D eigenvalue weighted by molar-refractivity contribution is 4.99. The van der Waals surface area contributed by atoms with Crippen molar-refractivity contribution < 1.29 is 0 Å². The Bertz CT molecular complexity index is 246. The van der Waals surface area contributed by atoms with Crippen LogP contribution in [0.1, 0.15) is 32.6 Å². The summed E-state index contributed by atoms with van der Waals surface area (Å²) in [7, 11) is 0. The summed E-state index contributed by atoms with van der Waals surface area (Å²) in [5.41, 5.74) is 0. The summed E-state index contributed by atoms with van der Waals surface area (Å²) in [6, 6.07) is 3.20. The lowest BCUT2D eigenvalue weighted by Gasteiger charge is -2.41. The molecule has 15 heavy (non-hydrogen) atoms. The fourth-order valence-electron chi connectivity index (χ4n) is 2.98. The van der Waals surface area contributed by atoms with E-state index in [0.717, 1.165) is 25.6 Å². The van der Waals surface area contributed by atoms with Crippen LogP contribution < -0.4 is 5.32 Å². The standard InChI is InChI=1S/C12H21N3/c1-10-3-2-4-11(7-10)15-6-5-14-9-12(15)8-13/h10-12,14H,2-7,9H2,1H3. The highest BCUT2D eigenvalue weighted by atomic mass is 15.2. The molecule has 1 aliphatic carbocycles. The largest absolute Gasteiger partial charge is 0.313 e. The van der Waals surface area contributed by atoms with Crippen molar-refractivity contribution in [2.24, 2.45) is 5.92 Å². The van der Waals surface area contributed by atoms with Gasteiger partial charge in [-0.2, -0.15) is 5.26 Å². The van der Waals surface area contributed by atoms with E-state index in [1.165, 1.54) is 25.7 Å². The highest BCUT2D eigenvalue weighted by Crippen LogP contribution is 2.28. The van der Waals surface area contributed by atoms with Crippen LogP contribution in [0.4, 0.5) is 0 Å². The van der Waals surface area contributed by atoms with Crippen LogP contribution in [-0.2, 0) is 0 Å². The van der Waals surface area contributed by atoms with Crippen LogP contribution in [-0.4, -0.2) is 36.6 Å². The highest BCUT2D eigenvalue weighted by Gasteiger charge is 2.31. The van der Waals surface area contributed by atoms with Gasteiger partial charge in [0, 0.05) is 25.7 Å². The average Bonchev–Trinajstić information content (AvgIpc) is 2.29. The smallest absolute Gasteiger partial charge is 0.111 e. The molecule has 0 radical (unpaired) electrons. The Kier molecular flexibility index (Phi) is 3.61. The van der Waals surface area contributed by atoms with E-state index >= 15 is 0 Å². The van der Waals surface area contributed by atoms with Crippen LogP contribution in [0.5, 0.6) is 0 Å². The molecule has 84 valence electrons. The first-order chi connectivity index (χ1) is 7.31. The molecule has 0 aromatic rings. The van der Waals surface area contributed by atoms with Crippen molar-refractivity contribution in [2.75, 3.05) is 19.6 Å². The summed E-state index contributed by atoms with van der Waals surface area (Å²) >= 11 is 0. The van der Waals surface area contributed by atoms with Gasteiger partial charge in [0.05, 0.1) is 6.07 Å². The molecule has 2 fully saturated rings. The molecule has 1 heterocycles. The van der Waals surface area contributed by atoms with Crippen LogP contribution in [0.25, 0.3) is 0 Å². The first-order valence-electron chi connectivity index (χ1n) is 6.17. The van der Waals surface area contributed by atoms with E-state index in [9.17, 15) is 0 Å². The molecule has 3 nitrogen and oxygen atoms in total. The van der Waals surface area contributed by atoms with Crippen molar-refractivity contribution in [3.8, 4) is 6.07 Å². The number of piperazine rings is 1. The van der Waals surface area contributed by atoms with Gasteiger partial charge < -0.3 is 5.32 Å². The molecule has 0 spiro atoms. The lowest BCUT2D eigenvalue weighted by molar-refractivity contribution is 0.0928. The van der Waals surface area contributed by atoms with E-state index in [-0.39, 0.29) is 6.04 Å². The Morgan fingerprint density at radius 2 is 2.27 bits per heavy atom. The van der Waals surface area contributed by atoms with E-state index < -0.39 is 0 Å². The molecule has 0 aromatic carbocycles. The van der Waals surface area contributed by atoms with Crippen LogP contribution in [0.2, 0.25) is 0 Å². The third kappa shape index (κ3) is 2.50. The predicted molar refractivity (Wildman–Crippen MR) is 60.4 cm³/mol. The Morgan fingerprint density at radius 1 is 1.40 bits per heavy atom. The third-order valence-electron chi connectivity index (χ3n) is 3.81. The summed E-state index contributed by atoms with van der Waals surface area (Å²) in [5, 5.41) is 12.4. The van der Waals surface area contributed by atoms with Gasteiger partial charge in [0.2, 0.25) is 0 Å². The molecule has 2 rings (SSSR count). The lowest BCUT2D eigenvalue weighted by atomic mass is 9.85. The van der Waals surface area contributed by atoms with Crippen molar-refractivity contribution in [3.63, 3.8) is 0 Å². The van der Waals surface area contributed by atoms with Crippen LogP contribution in [0.15, 0.2) is 0 Å². The Labute approximate surface area is 92.4 Å². The fraction of sp³-hybridized carbons (Fsp3) is 0.917. The molecule has 1 N–H and O–H groups in total.